The third-order valence-corrected chi connectivity index (χ3v) is 12.8. The van der Waals surface area contributed by atoms with Crippen molar-refractivity contribution in [2.45, 2.75) is 63.1 Å². The number of hydrogen-bond donors (Lipinski definition) is 0. The predicted molar refractivity (Wildman–Crippen MR) is 167 cm³/mol. The number of nitrogens with zero attached hydrogens (tertiary/aromatic N) is 1. The summed E-state index contributed by atoms with van der Waals surface area (Å²) in [5.41, 5.74) is 1.03. The third kappa shape index (κ3) is 5.60. The highest BCUT2D eigenvalue weighted by molar-refractivity contribution is 14.1. The van der Waals surface area contributed by atoms with Crippen molar-refractivity contribution in [3.63, 3.8) is 0 Å². The van der Waals surface area contributed by atoms with Crippen LogP contribution in [0.15, 0.2) is 54.6 Å². The zero-order chi connectivity index (χ0) is 26.8. The highest BCUT2D eigenvalue weighted by Gasteiger charge is 2.70. The van der Waals surface area contributed by atoms with Crippen LogP contribution >= 0.6 is 45.2 Å². The molecule has 2 aromatic rings. The van der Waals surface area contributed by atoms with Crippen molar-refractivity contribution in [2.75, 3.05) is 11.5 Å². The molecule has 37 heavy (non-hydrogen) atoms. The van der Waals surface area contributed by atoms with Gasteiger partial charge in [-0.2, -0.15) is 0 Å². The molecule has 0 N–H and O–H groups in total. The van der Waals surface area contributed by atoms with Gasteiger partial charge in [-0.15, -0.1) is 0 Å². The topological polar surface area (TPSA) is 51.3 Å². The van der Waals surface area contributed by atoms with Gasteiger partial charge in [0.15, 0.2) is 8.32 Å². The van der Waals surface area contributed by atoms with Gasteiger partial charge in [0.1, 0.15) is 23.5 Å². The number of epoxide rings is 1. The van der Waals surface area contributed by atoms with Gasteiger partial charge in [-0.1, -0.05) is 69.0 Å². The van der Waals surface area contributed by atoms with Crippen molar-refractivity contribution in [2.24, 2.45) is 5.92 Å². The summed E-state index contributed by atoms with van der Waals surface area (Å²) in [6, 6.07) is 16.4. The van der Waals surface area contributed by atoms with E-state index in [0.29, 0.717) is 12.4 Å². The smallest absolute Gasteiger partial charge is 0.417 e. The molecule has 194 valence electrons. The van der Waals surface area contributed by atoms with E-state index in [-0.39, 0.29) is 17.1 Å². The molecule has 0 bridgehead atoms. The first-order chi connectivity index (χ1) is 17.6. The lowest BCUT2D eigenvalue weighted by Crippen LogP contribution is -2.51. The maximum absolute atomic E-state index is 13.5. The quantitative estimate of drug-likeness (QED) is 0.134. The number of fused-ring (bicyclic) bond motifs is 3. The Hall–Kier alpha value is -1.57. The van der Waals surface area contributed by atoms with E-state index in [4.69, 9.17) is 13.9 Å². The monoisotopic (exact) mass is 739 g/mol. The minimum absolute atomic E-state index is 0.105. The minimum Gasteiger partial charge on any atom is -0.417 e. The number of rotatable bonds is 6. The van der Waals surface area contributed by atoms with Crippen LogP contribution in [0.5, 0.6) is 5.75 Å². The van der Waals surface area contributed by atoms with Gasteiger partial charge in [-0.05, 0) is 50.6 Å². The lowest BCUT2D eigenvalue weighted by Gasteiger charge is -2.38. The third-order valence-electron chi connectivity index (χ3n) is 7.61. The molecule has 0 aliphatic carbocycles. The Bertz CT molecular complexity index is 1270. The fourth-order valence-corrected chi connectivity index (χ4v) is 6.37. The molecule has 4 rings (SSSR count). The zero-order valence-electron chi connectivity index (χ0n) is 21.7. The number of para-hydroxylation sites is 2. The summed E-state index contributed by atoms with van der Waals surface area (Å²) in [5.74, 6) is 7.00. The molecule has 2 aromatic carbocycles. The predicted octanol–water partition coefficient (Wildman–Crippen LogP) is 7.49. The molecule has 1 amide bonds. The molecule has 0 aromatic heterocycles. The fraction of sp³-hybridized carbons (Fsp3) is 0.414. The van der Waals surface area contributed by atoms with Gasteiger partial charge < -0.3 is 13.9 Å². The van der Waals surface area contributed by atoms with Crippen LogP contribution in [0, 0.1) is 25.6 Å². The summed E-state index contributed by atoms with van der Waals surface area (Å²) >= 11 is 4.10. The number of carbonyl (C=O) groups excluding carboxylic acids is 1. The highest BCUT2D eigenvalue weighted by Crippen LogP contribution is 2.61. The number of anilines is 1. The Morgan fingerprint density at radius 2 is 1.78 bits per heavy atom. The van der Waals surface area contributed by atoms with Gasteiger partial charge in [0.25, 0.3) is 0 Å². The Kier molecular flexibility index (Phi) is 8.66. The first kappa shape index (κ1) is 28.4. The van der Waals surface area contributed by atoms with E-state index in [9.17, 15) is 4.79 Å². The first-order valence-corrected chi connectivity index (χ1v) is 17.3. The SMILES string of the molecule is CC(C)(C)[Si](C)(C)OCC[C@H](C#CI)[C@]12O[C@H]1[C@H](C#CI)N(C(=O)Oc1ccccc1)c1ccccc12. The number of hydrogen-bond acceptors (Lipinski definition) is 4. The Balaban J connectivity index is 1.68. The number of amides is 1. The molecule has 2 aliphatic rings. The normalized spacial score (nSPS) is 22.8. The van der Waals surface area contributed by atoms with Crippen LogP contribution in [0.4, 0.5) is 10.5 Å². The van der Waals surface area contributed by atoms with Crippen molar-refractivity contribution < 1.29 is 18.7 Å². The van der Waals surface area contributed by atoms with E-state index in [1.165, 1.54) is 0 Å². The van der Waals surface area contributed by atoms with E-state index in [2.05, 4.69) is 76.2 Å². The van der Waals surface area contributed by atoms with Crippen molar-refractivity contribution in [3.8, 4) is 25.4 Å². The molecule has 8 heteroatoms. The average molecular weight is 739 g/mol. The van der Waals surface area contributed by atoms with Crippen molar-refractivity contribution in [1.82, 2.24) is 0 Å². The largest absolute Gasteiger partial charge is 0.420 e. The lowest BCUT2D eigenvalue weighted by atomic mass is 9.76. The molecule has 5 nitrogen and oxygen atoms in total. The van der Waals surface area contributed by atoms with Crippen LogP contribution in [-0.2, 0) is 14.8 Å². The fourth-order valence-electron chi connectivity index (χ4n) is 4.61. The van der Waals surface area contributed by atoms with Crippen molar-refractivity contribution in [3.05, 3.63) is 60.2 Å². The molecule has 0 radical (unpaired) electrons. The number of halogens is 2. The molecular formula is C29H31I2NO4Si. The molecule has 1 fully saturated rings. The number of ether oxygens (including phenoxy) is 2. The summed E-state index contributed by atoms with van der Waals surface area (Å²) in [6.45, 7) is 11.9. The van der Waals surface area contributed by atoms with Crippen molar-refractivity contribution >= 4 is 65.3 Å². The highest BCUT2D eigenvalue weighted by atomic mass is 127. The van der Waals surface area contributed by atoms with E-state index >= 15 is 0 Å². The first-order valence-electron chi connectivity index (χ1n) is 12.3. The van der Waals surface area contributed by atoms with Crippen LogP contribution in [-0.4, -0.2) is 33.2 Å². The van der Waals surface area contributed by atoms with Crippen LogP contribution in [0.25, 0.3) is 0 Å². The minimum atomic E-state index is -1.90. The van der Waals surface area contributed by atoms with E-state index in [1.807, 2.05) is 65.1 Å². The molecule has 0 unspecified atom stereocenters. The molecule has 0 spiro atoms. The molecule has 1 saturated heterocycles. The van der Waals surface area contributed by atoms with Crippen LogP contribution in [0.1, 0.15) is 32.8 Å². The molecule has 2 aliphatic heterocycles. The van der Waals surface area contributed by atoms with Crippen LogP contribution in [0.3, 0.4) is 0 Å². The summed E-state index contributed by atoms with van der Waals surface area (Å²) < 4.78 is 24.9. The van der Waals surface area contributed by atoms with Gasteiger partial charge in [-0.3, -0.25) is 4.90 Å². The van der Waals surface area contributed by atoms with Gasteiger partial charge in [-0.25, -0.2) is 4.79 Å². The van der Waals surface area contributed by atoms with Crippen LogP contribution in [0.2, 0.25) is 18.1 Å². The maximum Gasteiger partial charge on any atom is 0.420 e. The van der Waals surface area contributed by atoms with Gasteiger partial charge in [0, 0.05) is 57.4 Å². The summed E-state index contributed by atoms with van der Waals surface area (Å²) in [4.78, 5) is 15.1. The number of benzene rings is 2. The molecule has 2 heterocycles. The maximum atomic E-state index is 13.5. The lowest BCUT2D eigenvalue weighted by molar-refractivity contribution is 0.204. The van der Waals surface area contributed by atoms with E-state index in [0.717, 1.165) is 17.7 Å². The molecule has 4 atom stereocenters. The van der Waals surface area contributed by atoms with E-state index < -0.39 is 26.1 Å². The zero-order valence-corrected chi connectivity index (χ0v) is 27.0. The van der Waals surface area contributed by atoms with Gasteiger partial charge in [0.2, 0.25) is 0 Å². The second kappa shape index (κ2) is 11.3. The number of carbonyl (C=O) groups is 1. The second-order valence-electron chi connectivity index (χ2n) is 10.8. The average Bonchev–Trinajstić information content (AvgIpc) is 3.61. The Labute approximate surface area is 248 Å². The van der Waals surface area contributed by atoms with E-state index in [1.54, 1.807) is 17.0 Å². The Morgan fingerprint density at radius 1 is 1.11 bits per heavy atom. The second-order valence-corrected chi connectivity index (χ2v) is 16.7. The van der Waals surface area contributed by atoms with Crippen LogP contribution < -0.4 is 9.64 Å². The summed E-state index contributed by atoms with van der Waals surface area (Å²) in [5, 5.41) is 0.131. The standard InChI is InChI=1S/C29H31I2NO4Si/c1-28(2,3)37(4,5)34-20-17-21(15-18-30)29-23-13-9-10-14-24(23)32(25(16-19-31)26(29)36-29)27(33)35-22-11-7-6-8-12-22/h6-14,21,25-26H,17,20H2,1-5H3/t21-,25-,26-,29+/m0/s1. The molecular weight excluding hydrogens is 708 g/mol. The Morgan fingerprint density at radius 3 is 2.43 bits per heavy atom. The van der Waals surface area contributed by atoms with Crippen molar-refractivity contribution in [1.29, 1.82) is 0 Å². The summed E-state index contributed by atoms with van der Waals surface area (Å²) in [6.07, 6.45) is -0.0700. The summed E-state index contributed by atoms with van der Waals surface area (Å²) in [7, 11) is -1.90. The van der Waals surface area contributed by atoms with Gasteiger partial charge in [0.05, 0.1) is 11.6 Å². The molecule has 0 saturated carbocycles. The van der Waals surface area contributed by atoms with Gasteiger partial charge >= 0.3 is 6.09 Å².